The molecule has 1 saturated heterocycles. The fraction of sp³-hybridized carbons (Fsp3) is 0.407. The number of hydrogen-bond donors (Lipinski definition) is 1. The summed E-state index contributed by atoms with van der Waals surface area (Å²) in [5.74, 6) is -0.615. The van der Waals surface area contributed by atoms with Gasteiger partial charge in [0.25, 0.3) is 11.7 Å². The molecule has 7 heteroatoms. The molecular formula is C27H33NO6. The van der Waals surface area contributed by atoms with Crippen molar-refractivity contribution in [1.29, 1.82) is 0 Å². The number of carbonyl (C=O) groups is 2. The van der Waals surface area contributed by atoms with Gasteiger partial charge in [0.05, 0.1) is 32.4 Å². The topological polar surface area (TPSA) is 85.3 Å². The molecule has 1 N–H and O–H groups in total. The average molecular weight is 468 g/mol. The molecule has 1 aliphatic heterocycles. The van der Waals surface area contributed by atoms with Crippen LogP contribution in [0, 0.1) is 6.92 Å². The molecule has 0 bridgehead atoms. The maximum absolute atomic E-state index is 13.2. The molecule has 0 radical (unpaired) electrons. The number of aliphatic hydroxyl groups is 1. The Labute approximate surface area is 200 Å². The highest BCUT2D eigenvalue weighted by Crippen LogP contribution is 2.42. The van der Waals surface area contributed by atoms with Crippen molar-refractivity contribution in [3.63, 3.8) is 0 Å². The summed E-state index contributed by atoms with van der Waals surface area (Å²) in [6.45, 7) is 8.54. The minimum absolute atomic E-state index is 0.0440. The standard InChI is InChI=1S/C27H33NO6/c1-16-8-10-18(27(2,3)4)15-19(16)24(29)22-23(28(12-13-32-5)26(31)25(22)30)17-9-11-20(33-6)21(14-17)34-7/h8-11,14-15,23,29H,12-13H2,1-7H3/b24-22+. The zero-order valence-electron chi connectivity index (χ0n) is 20.9. The van der Waals surface area contributed by atoms with E-state index in [9.17, 15) is 14.7 Å². The maximum atomic E-state index is 13.2. The molecule has 0 saturated carbocycles. The third-order valence-corrected chi connectivity index (χ3v) is 6.16. The summed E-state index contributed by atoms with van der Waals surface area (Å²) < 4.78 is 16.0. The van der Waals surface area contributed by atoms with Gasteiger partial charge >= 0.3 is 0 Å². The van der Waals surface area contributed by atoms with Crippen LogP contribution in [-0.4, -0.2) is 56.2 Å². The van der Waals surface area contributed by atoms with E-state index in [1.165, 1.54) is 26.2 Å². The first-order valence-corrected chi connectivity index (χ1v) is 11.2. The molecule has 3 rings (SSSR count). The Morgan fingerprint density at radius 2 is 1.68 bits per heavy atom. The van der Waals surface area contributed by atoms with Crippen molar-refractivity contribution in [3.05, 3.63) is 64.2 Å². The smallest absolute Gasteiger partial charge is 0.295 e. The number of ketones is 1. The van der Waals surface area contributed by atoms with Crippen molar-refractivity contribution in [2.75, 3.05) is 34.5 Å². The van der Waals surface area contributed by atoms with Crippen LogP contribution < -0.4 is 9.47 Å². The second kappa shape index (κ2) is 9.89. The van der Waals surface area contributed by atoms with Gasteiger partial charge in [-0.15, -0.1) is 0 Å². The number of likely N-dealkylation sites (tertiary alicyclic amines) is 1. The molecule has 1 amide bonds. The number of hydrogen-bond acceptors (Lipinski definition) is 6. The number of rotatable bonds is 7. The van der Waals surface area contributed by atoms with E-state index in [-0.39, 0.29) is 29.9 Å². The van der Waals surface area contributed by atoms with E-state index < -0.39 is 17.7 Å². The molecule has 1 unspecified atom stereocenters. The lowest BCUT2D eigenvalue weighted by Crippen LogP contribution is -2.32. The number of benzene rings is 2. The summed E-state index contributed by atoms with van der Waals surface area (Å²) in [5, 5.41) is 11.5. The van der Waals surface area contributed by atoms with Gasteiger partial charge in [0.15, 0.2) is 11.5 Å². The number of nitrogens with zero attached hydrogens (tertiary/aromatic N) is 1. The van der Waals surface area contributed by atoms with Crippen molar-refractivity contribution < 1.29 is 28.9 Å². The van der Waals surface area contributed by atoms with Crippen LogP contribution in [0.4, 0.5) is 0 Å². The molecule has 2 aromatic carbocycles. The predicted molar refractivity (Wildman–Crippen MR) is 130 cm³/mol. The van der Waals surface area contributed by atoms with Gasteiger partial charge in [-0.1, -0.05) is 39.0 Å². The number of aryl methyl sites for hydroxylation is 1. The normalized spacial score (nSPS) is 17.9. The third-order valence-electron chi connectivity index (χ3n) is 6.16. The van der Waals surface area contributed by atoms with Crippen LogP contribution in [0.2, 0.25) is 0 Å². The van der Waals surface area contributed by atoms with Crippen LogP contribution in [0.3, 0.4) is 0 Å². The first-order chi connectivity index (χ1) is 16.0. The largest absolute Gasteiger partial charge is 0.507 e. The van der Waals surface area contributed by atoms with E-state index in [4.69, 9.17) is 14.2 Å². The molecule has 7 nitrogen and oxygen atoms in total. The highest BCUT2D eigenvalue weighted by atomic mass is 16.5. The fourth-order valence-electron chi connectivity index (χ4n) is 4.16. The summed E-state index contributed by atoms with van der Waals surface area (Å²) in [5.41, 5.74) is 2.86. The van der Waals surface area contributed by atoms with E-state index in [2.05, 4.69) is 20.8 Å². The lowest BCUT2D eigenvalue weighted by Gasteiger charge is -2.26. The summed E-state index contributed by atoms with van der Waals surface area (Å²) >= 11 is 0. The van der Waals surface area contributed by atoms with Crippen LogP contribution in [-0.2, 0) is 19.7 Å². The molecular weight excluding hydrogens is 434 g/mol. The molecule has 0 aromatic heterocycles. The average Bonchev–Trinajstić information content (AvgIpc) is 3.06. The molecule has 2 aromatic rings. The number of Topliss-reactive ketones (excluding diaryl/α,β-unsaturated/α-hetero) is 1. The molecule has 0 spiro atoms. The van der Waals surface area contributed by atoms with Crippen LogP contribution in [0.15, 0.2) is 42.0 Å². The van der Waals surface area contributed by atoms with E-state index in [1.54, 1.807) is 18.2 Å². The van der Waals surface area contributed by atoms with Crippen LogP contribution in [0.1, 0.15) is 49.1 Å². The van der Waals surface area contributed by atoms with E-state index in [1.807, 2.05) is 25.1 Å². The Bertz CT molecular complexity index is 1130. The van der Waals surface area contributed by atoms with Crippen molar-refractivity contribution in [3.8, 4) is 11.5 Å². The number of amides is 1. The van der Waals surface area contributed by atoms with Gasteiger partial charge in [-0.25, -0.2) is 0 Å². The number of carbonyl (C=O) groups excluding carboxylic acids is 2. The van der Waals surface area contributed by atoms with Crippen LogP contribution >= 0.6 is 0 Å². The Balaban J connectivity index is 2.26. The van der Waals surface area contributed by atoms with Crippen molar-refractivity contribution in [2.45, 2.75) is 39.2 Å². The monoisotopic (exact) mass is 467 g/mol. The molecule has 1 fully saturated rings. The minimum atomic E-state index is -0.798. The minimum Gasteiger partial charge on any atom is -0.507 e. The highest BCUT2D eigenvalue weighted by Gasteiger charge is 2.46. The van der Waals surface area contributed by atoms with Gasteiger partial charge in [0.1, 0.15) is 5.76 Å². The van der Waals surface area contributed by atoms with E-state index in [0.717, 1.165) is 11.1 Å². The predicted octanol–water partition coefficient (Wildman–Crippen LogP) is 4.38. The van der Waals surface area contributed by atoms with Gasteiger partial charge in [-0.05, 0) is 47.2 Å². The Kier molecular flexibility index (Phi) is 7.36. The molecule has 0 aliphatic carbocycles. The molecule has 1 heterocycles. The lowest BCUT2D eigenvalue weighted by atomic mass is 9.84. The Morgan fingerprint density at radius 3 is 2.26 bits per heavy atom. The van der Waals surface area contributed by atoms with Crippen molar-refractivity contribution >= 4 is 17.4 Å². The SMILES string of the molecule is COCCN1C(=O)C(=O)/C(=C(/O)c2cc(C(C)(C)C)ccc2C)C1c1ccc(OC)c(OC)c1. The quantitative estimate of drug-likeness (QED) is 0.370. The molecule has 182 valence electrons. The van der Waals surface area contributed by atoms with E-state index in [0.29, 0.717) is 22.6 Å². The first-order valence-electron chi connectivity index (χ1n) is 11.2. The molecule has 34 heavy (non-hydrogen) atoms. The van der Waals surface area contributed by atoms with Gasteiger partial charge in [0, 0.05) is 19.2 Å². The van der Waals surface area contributed by atoms with Crippen molar-refractivity contribution in [2.24, 2.45) is 0 Å². The zero-order valence-corrected chi connectivity index (χ0v) is 20.9. The van der Waals surface area contributed by atoms with Crippen molar-refractivity contribution in [1.82, 2.24) is 4.90 Å². The summed E-state index contributed by atoms with van der Waals surface area (Å²) in [4.78, 5) is 27.7. The summed E-state index contributed by atoms with van der Waals surface area (Å²) in [6, 6.07) is 10.2. The Morgan fingerprint density at radius 1 is 1.00 bits per heavy atom. The second-order valence-electron chi connectivity index (χ2n) is 9.38. The van der Waals surface area contributed by atoms with Gasteiger partial charge in [-0.2, -0.15) is 0 Å². The third kappa shape index (κ3) is 4.66. The summed E-state index contributed by atoms with van der Waals surface area (Å²) in [6.07, 6.45) is 0. The number of methoxy groups -OCH3 is 3. The molecule has 1 atom stereocenters. The first kappa shape index (κ1) is 25.3. The highest BCUT2D eigenvalue weighted by molar-refractivity contribution is 6.46. The second-order valence-corrected chi connectivity index (χ2v) is 9.38. The van der Waals surface area contributed by atoms with Gasteiger partial charge in [0.2, 0.25) is 0 Å². The molecule has 1 aliphatic rings. The number of aliphatic hydroxyl groups excluding tert-OH is 1. The van der Waals surface area contributed by atoms with Gasteiger partial charge < -0.3 is 24.2 Å². The van der Waals surface area contributed by atoms with Gasteiger partial charge in [-0.3, -0.25) is 9.59 Å². The zero-order chi connectivity index (χ0) is 25.2. The lowest BCUT2D eigenvalue weighted by molar-refractivity contribution is -0.140. The Hall–Kier alpha value is -3.32. The van der Waals surface area contributed by atoms with Crippen LogP contribution in [0.25, 0.3) is 5.76 Å². The maximum Gasteiger partial charge on any atom is 0.295 e. The summed E-state index contributed by atoms with van der Waals surface area (Å²) in [7, 11) is 4.58. The fourth-order valence-corrected chi connectivity index (χ4v) is 4.16. The van der Waals surface area contributed by atoms with E-state index >= 15 is 0 Å². The van der Waals surface area contributed by atoms with Crippen LogP contribution in [0.5, 0.6) is 11.5 Å². The number of ether oxygens (including phenoxy) is 3.